The lowest BCUT2D eigenvalue weighted by Crippen LogP contribution is -2.51. The van der Waals surface area contributed by atoms with Gasteiger partial charge in [0.05, 0.1) is 17.8 Å². The van der Waals surface area contributed by atoms with Gasteiger partial charge in [-0.1, -0.05) is 6.07 Å². The summed E-state index contributed by atoms with van der Waals surface area (Å²) in [7, 11) is 1.61. The monoisotopic (exact) mass is 344 g/mol. The van der Waals surface area contributed by atoms with Crippen molar-refractivity contribution in [3.63, 3.8) is 0 Å². The summed E-state index contributed by atoms with van der Waals surface area (Å²) in [5, 5.41) is 5.35. The molecule has 7 heteroatoms. The molecule has 0 unspecified atom stereocenters. The van der Waals surface area contributed by atoms with E-state index >= 15 is 0 Å². The molecule has 126 valence electrons. The van der Waals surface area contributed by atoms with Crippen molar-refractivity contribution in [2.24, 2.45) is 0 Å². The number of hydrogen-bond acceptors (Lipinski definition) is 5. The van der Waals surface area contributed by atoms with E-state index in [4.69, 9.17) is 0 Å². The van der Waals surface area contributed by atoms with Crippen molar-refractivity contribution in [1.29, 1.82) is 0 Å². The van der Waals surface area contributed by atoms with Crippen LogP contribution in [0.5, 0.6) is 0 Å². The number of hydrogen-bond donors (Lipinski definition) is 1. The number of nitrogens with one attached hydrogen (secondary N) is 1. The third kappa shape index (κ3) is 3.62. The predicted octanol–water partition coefficient (Wildman–Crippen LogP) is 1.87. The molecular weight excluding hydrogens is 324 g/mol. The molecule has 1 atom stereocenters. The number of piperidine rings is 1. The molecule has 1 fully saturated rings. The Morgan fingerprint density at radius 1 is 1.38 bits per heavy atom. The van der Waals surface area contributed by atoms with Gasteiger partial charge in [0.15, 0.2) is 0 Å². The molecule has 1 saturated heterocycles. The van der Waals surface area contributed by atoms with Gasteiger partial charge < -0.3 is 10.2 Å². The summed E-state index contributed by atoms with van der Waals surface area (Å²) in [5.41, 5.74) is 1.54. The van der Waals surface area contributed by atoms with Crippen LogP contribution in [-0.2, 0) is 16.0 Å². The maximum atomic E-state index is 12.6. The number of likely N-dealkylation sites (tertiary alicyclic amines) is 1. The lowest BCUT2D eigenvalue weighted by Gasteiger charge is -2.34. The molecule has 2 amide bonds. The van der Waals surface area contributed by atoms with Crippen LogP contribution in [0.4, 0.5) is 0 Å². The first-order valence-electron chi connectivity index (χ1n) is 8.06. The summed E-state index contributed by atoms with van der Waals surface area (Å²) in [6, 6.07) is 5.31. The van der Waals surface area contributed by atoms with Crippen LogP contribution in [0.15, 0.2) is 29.8 Å². The van der Waals surface area contributed by atoms with Crippen LogP contribution in [0, 0.1) is 0 Å². The van der Waals surface area contributed by atoms with E-state index in [-0.39, 0.29) is 24.3 Å². The lowest BCUT2D eigenvalue weighted by molar-refractivity contribution is -0.141. The van der Waals surface area contributed by atoms with Crippen LogP contribution in [-0.4, -0.2) is 46.3 Å². The Hall–Kier alpha value is -2.28. The zero-order valence-corrected chi connectivity index (χ0v) is 14.4. The molecule has 2 aromatic heterocycles. The van der Waals surface area contributed by atoms with Gasteiger partial charge >= 0.3 is 0 Å². The second-order valence-electron chi connectivity index (χ2n) is 5.75. The number of carbonyl (C=O) groups is 2. The number of rotatable bonds is 4. The van der Waals surface area contributed by atoms with Crippen molar-refractivity contribution in [3.8, 4) is 10.7 Å². The standard InChI is InChI=1S/C17H20N4O2S/c1-18-16(23)14-7-3-5-9-21(14)15(22)10-12-11-24-17(20-12)13-6-2-4-8-19-13/h2,4,6,8,11,14H,3,5,7,9-10H2,1H3,(H,18,23)/t14-/m0/s1. The van der Waals surface area contributed by atoms with Crippen molar-refractivity contribution in [3.05, 3.63) is 35.5 Å². The Morgan fingerprint density at radius 3 is 3.00 bits per heavy atom. The molecule has 3 heterocycles. The van der Waals surface area contributed by atoms with Crippen LogP contribution >= 0.6 is 11.3 Å². The first-order chi connectivity index (χ1) is 11.7. The Balaban J connectivity index is 1.70. The van der Waals surface area contributed by atoms with Crippen LogP contribution < -0.4 is 5.32 Å². The normalized spacial score (nSPS) is 17.5. The molecule has 0 spiro atoms. The van der Waals surface area contributed by atoms with Crippen molar-refractivity contribution in [2.75, 3.05) is 13.6 Å². The molecule has 1 aliphatic heterocycles. The fourth-order valence-electron chi connectivity index (χ4n) is 2.92. The number of nitrogens with zero attached hydrogens (tertiary/aromatic N) is 3. The molecule has 0 aliphatic carbocycles. The average molecular weight is 344 g/mol. The van der Waals surface area contributed by atoms with Crippen LogP contribution in [0.25, 0.3) is 10.7 Å². The lowest BCUT2D eigenvalue weighted by atomic mass is 10.0. The molecule has 0 bridgehead atoms. The van der Waals surface area contributed by atoms with Crippen LogP contribution in [0.3, 0.4) is 0 Å². The van der Waals surface area contributed by atoms with Gasteiger partial charge in [-0.25, -0.2) is 4.98 Å². The smallest absolute Gasteiger partial charge is 0.242 e. The highest BCUT2D eigenvalue weighted by Crippen LogP contribution is 2.23. The SMILES string of the molecule is CNC(=O)[C@@H]1CCCCN1C(=O)Cc1csc(-c2ccccn2)n1. The maximum absolute atomic E-state index is 12.6. The van der Waals surface area contributed by atoms with Crippen molar-refractivity contribution < 1.29 is 9.59 Å². The van der Waals surface area contributed by atoms with Gasteiger partial charge in [0.2, 0.25) is 11.8 Å². The molecular formula is C17H20N4O2S. The molecule has 0 radical (unpaired) electrons. The zero-order valence-electron chi connectivity index (χ0n) is 13.6. The summed E-state index contributed by atoms with van der Waals surface area (Å²) < 4.78 is 0. The van der Waals surface area contributed by atoms with Gasteiger partial charge in [-0.15, -0.1) is 11.3 Å². The highest BCUT2D eigenvalue weighted by molar-refractivity contribution is 7.13. The first kappa shape index (κ1) is 16.6. The second-order valence-corrected chi connectivity index (χ2v) is 6.61. The Morgan fingerprint density at radius 2 is 2.25 bits per heavy atom. The Bertz CT molecular complexity index is 716. The van der Waals surface area contributed by atoms with Gasteiger partial charge in [0.25, 0.3) is 0 Å². The van der Waals surface area contributed by atoms with Gasteiger partial charge in [0.1, 0.15) is 11.0 Å². The Kier molecular flexibility index (Phi) is 5.20. The van der Waals surface area contributed by atoms with E-state index in [1.807, 2.05) is 23.6 Å². The molecule has 24 heavy (non-hydrogen) atoms. The van der Waals surface area contributed by atoms with Gasteiger partial charge in [-0.3, -0.25) is 14.6 Å². The minimum absolute atomic E-state index is 0.0406. The van der Waals surface area contributed by atoms with Crippen molar-refractivity contribution in [2.45, 2.75) is 31.7 Å². The molecule has 3 rings (SSSR count). The third-order valence-corrected chi connectivity index (χ3v) is 5.05. The fourth-order valence-corrected chi connectivity index (χ4v) is 3.72. The number of amides is 2. The van der Waals surface area contributed by atoms with E-state index in [1.54, 1.807) is 18.1 Å². The number of carbonyl (C=O) groups excluding carboxylic acids is 2. The number of aromatic nitrogens is 2. The highest BCUT2D eigenvalue weighted by atomic mass is 32.1. The summed E-state index contributed by atoms with van der Waals surface area (Å²) >= 11 is 1.48. The topological polar surface area (TPSA) is 75.2 Å². The molecule has 0 saturated carbocycles. The first-order valence-corrected chi connectivity index (χ1v) is 8.94. The van der Waals surface area contributed by atoms with Crippen molar-refractivity contribution in [1.82, 2.24) is 20.2 Å². The van der Waals surface area contributed by atoms with Gasteiger partial charge in [-0.2, -0.15) is 0 Å². The summed E-state index contributed by atoms with van der Waals surface area (Å²) in [4.78, 5) is 35.1. The molecule has 0 aromatic carbocycles. The van der Waals surface area contributed by atoms with Crippen LogP contribution in [0.1, 0.15) is 25.0 Å². The summed E-state index contributed by atoms with van der Waals surface area (Å²) in [6.45, 7) is 0.633. The van der Waals surface area contributed by atoms with E-state index in [0.29, 0.717) is 6.54 Å². The molecule has 2 aromatic rings. The van der Waals surface area contributed by atoms with E-state index in [2.05, 4.69) is 15.3 Å². The third-order valence-electron chi connectivity index (χ3n) is 4.14. The summed E-state index contributed by atoms with van der Waals surface area (Å²) in [5.74, 6) is -0.128. The highest BCUT2D eigenvalue weighted by Gasteiger charge is 2.31. The average Bonchev–Trinajstić information content (AvgIpc) is 3.10. The minimum Gasteiger partial charge on any atom is -0.357 e. The molecule has 1 N–H and O–H groups in total. The van der Waals surface area contributed by atoms with Gasteiger partial charge in [0, 0.05) is 25.2 Å². The maximum Gasteiger partial charge on any atom is 0.242 e. The van der Waals surface area contributed by atoms with E-state index in [0.717, 1.165) is 35.7 Å². The van der Waals surface area contributed by atoms with E-state index in [1.165, 1.54) is 11.3 Å². The summed E-state index contributed by atoms with van der Waals surface area (Å²) in [6.07, 6.45) is 4.58. The number of thiazole rings is 1. The number of pyridine rings is 1. The van der Waals surface area contributed by atoms with Crippen molar-refractivity contribution >= 4 is 23.2 Å². The largest absolute Gasteiger partial charge is 0.357 e. The van der Waals surface area contributed by atoms with E-state index < -0.39 is 0 Å². The minimum atomic E-state index is -0.356. The predicted molar refractivity (Wildman–Crippen MR) is 92.5 cm³/mol. The quantitative estimate of drug-likeness (QED) is 0.919. The molecule has 6 nitrogen and oxygen atoms in total. The molecule has 1 aliphatic rings. The fraction of sp³-hybridized carbons (Fsp3) is 0.412. The van der Waals surface area contributed by atoms with E-state index in [9.17, 15) is 9.59 Å². The second kappa shape index (κ2) is 7.53. The number of likely N-dealkylation sites (N-methyl/N-ethyl adjacent to an activating group) is 1. The van der Waals surface area contributed by atoms with Gasteiger partial charge in [-0.05, 0) is 31.4 Å². The Labute approximate surface area is 144 Å². The van der Waals surface area contributed by atoms with Crippen LogP contribution in [0.2, 0.25) is 0 Å². The zero-order chi connectivity index (χ0) is 16.9.